The van der Waals surface area contributed by atoms with Crippen LogP contribution in [0, 0.1) is 13.8 Å². The number of aryl methyl sites for hydroxylation is 2. The number of amides is 1. The zero-order valence-corrected chi connectivity index (χ0v) is 13.7. The predicted octanol–water partition coefficient (Wildman–Crippen LogP) is 3.01. The van der Waals surface area contributed by atoms with Gasteiger partial charge in [0.25, 0.3) is 0 Å². The first kappa shape index (κ1) is 15.8. The molecule has 1 fully saturated rings. The Balaban J connectivity index is 1.73. The molecule has 1 aromatic rings. The number of hydrogen-bond acceptors (Lipinski definition) is 3. The fraction of sp³-hybridized carbons (Fsp3) is 0.588. The minimum Gasteiger partial charge on any atom is -0.444 e. The highest BCUT2D eigenvalue weighted by Gasteiger charge is 2.33. The average Bonchev–Trinajstić information content (AvgIpc) is 2.29. The Bertz CT molecular complexity index is 514. The van der Waals surface area contributed by atoms with Crippen LogP contribution in [0.5, 0.6) is 0 Å². The fourth-order valence-corrected chi connectivity index (χ4v) is 2.26. The fourth-order valence-electron chi connectivity index (χ4n) is 2.26. The smallest absolute Gasteiger partial charge is 0.410 e. The lowest BCUT2D eigenvalue weighted by molar-refractivity contribution is 0.00519. The monoisotopic (exact) mass is 290 g/mol. The van der Waals surface area contributed by atoms with Crippen LogP contribution in [-0.2, 0) is 11.3 Å². The van der Waals surface area contributed by atoms with Gasteiger partial charge in [0, 0.05) is 25.7 Å². The van der Waals surface area contributed by atoms with Crippen molar-refractivity contribution in [2.75, 3.05) is 13.1 Å². The molecule has 0 bridgehead atoms. The number of likely N-dealkylation sites (tertiary alicyclic amines) is 1. The summed E-state index contributed by atoms with van der Waals surface area (Å²) in [6.45, 7) is 12.2. The number of ether oxygens (including phenoxy) is 1. The summed E-state index contributed by atoms with van der Waals surface area (Å²) in [4.78, 5) is 13.6. The lowest BCUT2D eigenvalue weighted by Crippen LogP contribution is -2.60. The van der Waals surface area contributed by atoms with E-state index in [-0.39, 0.29) is 6.09 Å². The van der Waals surface area contributed by atoms with E-state index >= 15 is 0 Å². The Morgan fingerprint density at radius 1 is 1.29 bits per heavy atom. The first-order chi connectivity index (χ1) is 9.74. The van der Waals surface area contributed by atoms with E-state index in [1.54, 1.807) is 4.90 Å². The molecule has 1 heterocycles. The minimum absolute atomic E-state index is 0.216. The zero-order chi connectivity index (χ0) is 15.6. The summed E-state index contributed by atoms with van der Waals surface area (Å²) in [5, 5.41) is 3.48. The Morgan fingerprint density at radius 3 is 2.52 bits per heavy atom. The number of rotatable bonds is 3. The standard InChI is InChI=1S/C17H26N2O2/c1-12-6-7-14(8-13(12)2)9-18-15-10-19(11-15)16(20)21-17(3,4)5/h6-8,15,18H,9-11H2,1-5H3. The van der Waals surface area contributed by atoms with Gasteiger partial charge in [-0.1, -0.05) is 18.2 Å². The maximum absolute atomic E-state index is 11.8. The second kappa shape index (κ2) is 6.06. The first-order valence-corrected chi connectivity index (χ1v) is 7.52. The van der Waals surface area contributed by atoms with Gasteiger partial charge in [-0.25, -0.2) is 4.79 Å². The van der Waals surface area contributed by atoms with Crippen LogP contribution in [0.2, 0.25) is 0 Å². The molecule has 0 radical (unpaired) electrons. The topological polar surface area (TPSA) is 41.6 Å². The van der Waals surface area contributed by atoms with Crippen LogP contribution in [0.3, 0.4) is 0 Å². The van der Waals surface area contributed by atoms with Gasteiger partial charge in [-0.3, -0.25) is 0 Å². The maximum Gasteiger partial charge on any atom is 0.410 e. The van der Waals surface area contributed by atoms with Crippen LogP contribution in [0.15, 0.2) is 18.2 Å². The van der Waals surface area contributed by atoms with Gasteiger partial charge in [0.05, 0.1) is 0 Å². The molecule has 0 unspecified atom stereocenters. The molecule has 1 N–H and O–H groups in total. The van der Waals surface area contributed by atoms with Gasteiger partial charge in [-0.2, -0.15) is 0 Å². The first-order valence-electron chi connectivity index (χ1n) is 7.52. The summed E-state index contributed by atoms with van der Waals surface area (Å²) in [6.07, 6.45) is -0.216. The molecule has 2 rings (SSSR count). The van der Waals surface area contributed by atoms with E-state index in [0.717, 1.165) is 19.6 Å². The van der Waals surface area contributed by atoms with Crippen molar-refractivity contribution < 1.29 is 9.53 Å². The summed E-state index contributed by atoms with van der Waals surface area (Å²) >= 11 is 0. The summed E-state index contributed by atoms with van der Waals surface area (Å²) < 4.78 is 5.34. The van der Waals surface area contributed by atoms with Crippen LogP contribution in [0.1, 0.15) is 37.5 Å². The second-order valence-corrected chi connectivity index (χ2v) is 6.88. The molecule has 0 atom stereocenters. The summed E-state index contributed by atoms with van der Waals surface area (Å²) in [5.74, 6) is 0. The van der Waals surface area contributed by atoms with Crippen molar-refractivity contribution in [3.05, 3.63) is 34.9 Å². The normalized spacial score (nSPS) is 15.8. The van der Waals surface area contributed by atoms with Crippen LogP contribution in [0.4, 0.5) is 4.79 Å². The van der Waals surface area contributed by atoms with E-state index in [4.69, 9.17) is 4.74 Å². The van der Waals surface area contributed by atoms with Crippen molar-refractivity contribution in [3.63, 3.8) is 0 Å². The SMILES string of the molecule is Cc1ccc(CNC2CN(C(=O)OC(C)(C)C)C2)cc1C. The van der Waals surface area contributed by atoms with Gasteiger partial charge in [-0.15, -0.1) is 0 Å². The Kier molecular flexibility index (Phi) is 4.57. The molecule has 0 spiro atoms. The van der Waals surface area contributed by atoms with Crippen LogP contribution < -0.4 is 5.32 Å². The summed E-state index contributed by atoms with van der Waals surface area (Å²) in [5.41, 5.74) is 3.50. The van der Waals surface area contributed by atoms with E-state index in [1.165, 1.54) is 16.7 Å². The number of carbonyl (C=O) groups is 1. The number of nitrogens with one attached hydrogen (secondary N) is 1. The van der Waals surface area contributed by atoms with Gasteiger partial charge in [0.2, 0.25) is 0 Å². The minimum atomic E-state index is -0.422. The molecule has 1 aliphatic heterocycles. The molecule has 4 nitrogen and oxygen atoms in total. The van der Waals surface area contributed by atoms with Crippen LogP contribution >= 0.6 is 0 Å². The molecule has 0 saturated carbocycles. The van der Waals surface area contributed by atoms with Crippen LogP contribution in [0.25, 0.3) is 0 Å². The molecule has 116 valence electrons. The van der Waals surface area contributed by atoms with Crippen molar-refractivity contribution in [3.8, 4) is 0 Å². The Hall–Kier alpha value is -1.55. The third-order valence-electron chi connectivity index (χ3n) is 3.70. The van der Waals surface area contributed by atoms with E-state index in [9.17, 15) is 4.79 Å². The molecule has 4 heteroatoms. The molecule has 0 aromatic heterocycles. The molecule has 0 aliphatic carbocycles. The number of hydrogen-bond donors (Lipinski definition) is 1. The highest BCUT2D eigenvalue weighted by atomic mass is 16.6. The molecule has 1 amide bonds. The molecular weight excluding hydrogens is 264 g/mol. The molecule has 1 aliphatic rings. The van der Waals surface area contributed by atoms with E-state index in [0.29, 0.717) is 6.04 Å². The average molecular weight is 290 g/mol. The van der Waals surface area contributed by atoms with E-state index in [1.807, 2.05) is 20.8 Å². The van der Waals surface area contributed by atoms with Crippen molar-refractivity contribution in [2.45, 2.75) is 52.8 Å². The predicted molar refractivity (Wildman–Crippen MR) is 84.4 cm³/mol. The summed E-state index contributed by atoms with van der Waals surface area (Å²) in [6, 6.07) is 6.88. The largest absolute Gasteiger partial charge is 0.444 e. The van der Waals surface area contributed by atoms with E-state index < -0.39 is 5.60 Å². The van der Waals surface area contributed by atoms with Gasteiger partial charge in [-0.05, 0) is 51.3 Å². The number of nitrogens with zero attached hydrogens (tertiary/aromatic N) is 1. The quantitative estimate of drug-likeness (QED) is 0.930. The Labute approximate surface area is 127 Å². The maximum atomic E-state index is 11.8. The molecule has 21 heavy (non-hydrogen) atoms. The van der Waals surface area contributed by atoms with Crippen LogP contribution in [-0.4, -0.2) is 35.7 Å². The highest BCUT2D eigenvalue weighted by Crippen LogP contribution is 2.16. The van der Waals surface area contributed by atoms with Gasteiger partial charge in [0.15, 0.2) is 0 Å². The van der Waals surface area contributed by atoms with Crippen molar-refractivity contribution >= 4 is 6.09 Å². The van der Waals surface area contributed by atoms with Gasteiger partial charge < -0.3 is 15.0 Å². The zero-order valence-electron chi connectivity index (χ0n) is 13.7. The molecule has 1 saturated heterocycles. The number of carbonyl (C=O) groups excluding carboxylic acids is 1. The van der Waals surface area contributed by atoms with E-state index in [2.05, 4.69) is 37.4 Å². The number of benzene rings is 1. The third kappa shape index (κ3) is 4.46. The lowest BCUT2D eigenvalue weighted by Gasteiger charge is -2.40. The van der Waals surface area contributed by atoms with Gasteiger partial charge >= 0.3 is 6.09 Å². The second-order valence-electron chi connectivity index (χ2n) is 6.88. The van der Waals surface area contributed by atoms with Crippen molar-refractivity contribution in [1.29, 1.82) is 0 Å². The highest BCUT2D eigenvalue weighted by molar-refractivity contribution is 5.69. The third-order valence-corrected chi connectivity index (χ3v) is 3.70. The molecule has 1 aromatic carbocycles. The van der Waals surface area contributed by atoms with Crippen molar-refractivity contribution in [1.82, 2.24) is 10.2 Å². The van der Waals surface area contributed by atoms with Gasteiger partial charge in [0.1, 0.15) is 5.60 Å². The Morgan fingerprint density at radius 2 is 1.95 bits per heavy atom. The summed E-state index contributed by atoms with van der Waals surface area (Å²) in [7, 11) is 0. The lowest BCUT2D eigenvalue weighted by atomic mass is 10.1. The molecular formula is C17H26N2O2. The van der Waals surface area contributed by atoms with Crippen molar-refractivity contribution in [2.24, 2.45) is 0 Å².